The minimum atomic E-state index is -0.109. The van der Waals surface area contributed by atoms with Gasteiger partial charge in [-0.1, -0.05) is 25.2 Å². The number of hydrogen-bond acceptors (Lipinski definition) is 6. The molecule has 0 aliphatic carbocycles. The maximum atomic E-state index is 11.8. The predicted octanol–water partition coefficient (Wildman–Crippen LogP) is 1.65. The summed E-state index contributed by atoms with van der Waals surface area (Å²) in [5, 5.41) is 12.6. The Labute approximate surface area is 116 Å². The lowest BCUT2D eigenvalue weighted by Crippen LogP contribution is -2.42. The van der Waals surface area contributed by atoms with Crippen LogP contribution in [0.2, 0.25) is 0 Å². The number of rotatable bonds is 5. The number of anilines is 1. The van der Waals surface area contributed by atoms with E-state index >= 15 is 0 Å². The molecule has 0 atom stereocenters. The summed E-state index contributed by atoms with van der Waals surface area (Å²) in [4.78, 5) is 25.0. The van der Waals surface area contributed by atoms with Crippen LogP contribution in [0.3, 0.4) is 0 Å². The van der Waals surface area contributed by atoms with Crippen LogP contribution in [0.4, 0.5) is 5.13 Å². The van der Waals surface area contributed by atoms with Crippen LogP contribution in [0.1, 0.15) is 38.1 Å². The fraction of sp³-hybridized carbons (Fsp3) is 0.667. The van der Waals surface area contributed by atoms with Crippen molar-refractivity contribution >= 4 is 28.3 Å². The number of imide groups is 1. The molecule has 1 aliphatic heterocycles. The molecule has 104 valence electrons. The van der Waals surface area contributed by atoms with Crippen molar-refractivity contribution in [1.82, 2.24) is 15.1 Å². The van der Waals surface area contributed by atoms with Gasteiger partial charge in [-0.25, -0.2) is 0 Å². The molecular weight excluding hydrogens is 264 g/mol. The highest BCUT2D eigenvalue weighted by atomic mass is 32.1. The zero-order valence-corrected chi connectivity index (χ0v) is 12.0. The summed E-state index contributed by atoms with van der Waals surface area (Å²) in [5.41, 5.74) is 0. The van der Waals surface area contributed by atoms with Gasteiger partial charge in [0.15, 0.2) is 0 Å². The Morgan fingerprint density at radius 2 is 2.00 bits per heavy atom. The molecular formula is C12H18N4O2S. The number of hydrogen-bond donors (Lipinski definition) is 1. The zero-order valence-electron chi connectivity index (χ0n) is 11.2. The average Bonchev–Trinajstić information content (AvgIpc) is 2.79. The van der Waals surface area contributed by atoms with Crippen molar-refractivity contribution in [3.8, 4) is 0 Å². The topological polar surface area (TPSA) is 75.2 Å². The summed E-state index contributed by atoms with van der Waals surface area (Å²) in [6.45, 7) is 5.08. The van der Waals surface area contributed by atoms with Gasteiger partial charge in [-0.15, -0.1) is 10.2 Å². The van der Waals surface area contributed by atoms with Crippen molar-refractivity contribution in [1.29, 1.82) is 0 Å². The summed E-state index contributed by atoms with van der Waals surface area (Å²) < 4.78 is 0. The molecule has 0 radical (unpaired) electrons. The first kappa shape index (κ1) is 13.9. The zero-order chi connectivity index (χ0) is 13.8. The molecule has 1 fully saturated rings. The molecule has 7 heteroatoms. The SMILES string of the molecule is CCCNc1nnc(CN2C(=O)CC(C)CC2=O)s1. The van der Waals surface area contributed by atoms with Crippen molar-refractivity contribution < 1.29 is 9.59 Å². The van der Waals surface area contributed by atoms with E-state index in [-0.39, 0.29) is 24.3 Å². The Kier molecular flexibility index (Phi) is 4.47. The smallest absolute Gasteiger partial charge is 0.229 e. The Balaban J connectivity index is 1.98. The Morgan fingerprint density at radius 1 is 1.32 bits per heavy atom. The molecule has 0 spiro atoms. The lowest BCUT2D eigenvalue weighted by Gasteiger charge is -2.27. The Hall–Kier alpha value is -1.50. The molecule has 0 aromatic carbocycles. The van der Waals surface area contributed by atoms with Crippen molar-refractivity contribution in [2.45, 2.75) is 39.7 Å². The second kappa shape index (κ2) is 6.10. The highest BCUT2D eigenvalue weighted by Crippen LogP contribution is 2.23. The van der Waals surface area contributed by atoms with E-state index in [1.165, 1.54) is 16.2 Å². The van der Waals surface area contributed by atoms with Crippen molar-refractivity contribution in [3.05, 3.63) is 5.01 Å². The summed E-state index contributed by atoms with van der Waals surface area (Å²) in [7, 11) is 0. The Morgan fingerprint density at radius 3 is 2.63 bits per heavy atom. The number of carbonyl (C=O) groups is 2. The molecule has 0 saturated carbocycles. The molecule has 1 aromatic rings. The highest BCUT2D eigenvalue weighted by molar-refractivity contribution is 7.15. The minimum Gasteiger partial charge on any atom is -0.360 e. The largest absolute Gasteiger partial charge is 0.360 e. The van der Waals surface area contributed by atoms with Crippen molar-refractivity contribution in [3.63, 3.8) is 0 Å². The third kappa shape index (κ3) is 3.50. The molecule has 0 bridgehead atoms. The molecule has 2 rings (SSSR count). The van der Waals surface area contributed by atoms with Crippen LogP contribution < -0.4 is 5.32 Å². The second-order valence-corrected chi connectivity index (χ2v) is 5.88. The first-order chi connectivity index (χ1) is 9.10. The molecule has 1 aliphatic rings. The normalized spacial score (nSPS) is 17.1. The van der Waals surface area contributed by atoms with Gasteiger partial charge in [0, 0.05) is 19.4 Å². The van der Waals surface area contributed by atoms with Crippen LogP contribution in [0.5, 0.6) is 0 Å². The number of likely N-dealkylation sites (tertiary alicyclic amines) is 1. The van der Waals surface area contributed by atoms with E-state index in [1.807, 2.05) is 6.92 Å². The summed E-state index contributed by atoms with van der Waals surface area (Å²) in [6.07, 6.45) is 1.88. The fourth-order valence-electron chi connectivity index (χ4n) is 1.96. The van der Waals surface area contributed by atoms with Crippen LogP contribution in [0.25, 0.3) is 0 Å². The lowest BCUT2D eigenvalue weighted by atomic mass is 9.98. The molecule has 1 saturated heterocycles. The predicted molar refractivity (Wildman–Crippen MR) is 72.6 cm³/mol. The van der Waals surface area contributed by atoms with Gasteiger partial charge in [-0.3, -0.25) is 14.5 Å². The average molecular weight is 282 g/mol. The number of nitrogens with one attached hydrogen (secondary N) is 1. The van der Waals surface area contributed by atoms with Crippen LogP contribution in [-0.2, 0) is 16.1 Å². The molecule has 0 unspecified atom stereocenters. The second-order valence-electron chi connectivity index (χ2n) is 4.81. The number of aromatic nitrogens is 2. The number of carbonyl (C=O) groups excluding carboxylic acids is 2. The van der Waals surface area contributed by atoms with E-state index in [0.29, 0.717) is 17.8 Å². The number of piperidine rings is 1. The molecule has 1 aromatic heterocycles. The van der Waals surface area contributed by atoms with Gasteiger partial charge in [0.05, 0.1) is 6.54 Å². The van der Waals surface area contributed by atoms with E-state index in [0.717, 1.165) is 18.1 Å². The molecule has 2 heterocycles. The molecule has 19 heavy (non-hydrogen) atoms. The minimum absolute atomic E-state index is 0.109. The maximum absolute atomic E-state index is 11.8. The van der Waals surface area contributed by atoms with Gasteiger partial charge < -0.3 is 5.32 Å². The maximum Gasteiger partial charge on any atom is 0.229 e. The molecule has 2 amide bonds. The van der Waals surface area contributed by atoms with Gasteiger partial charge in [0.25, 0.3) is 0 Å². The standard InChI is InChI=1S/C12H18N4O2S/c1-3-4-13-12-15-14-9(19-12)7-16-10(17)5-8(2)6-11(16)18/h8H,3-7H2,1-2H3,(H,13,15). The molecule has 6 nitrogen and oxygen atoms in total. The van der Waals surface area contributed by atoms with Crippen LogP contribution in [0, 0.1) is 5.92 Å². The van der Waals surface area contributed by atoms with Crippen LogP contribution in [0.15, 0.2) is 0 Å². The van der Waals surface area contributed by atoms with Gasteiger partial charge in [-0.05, 0) is 12.3 Å². The summed E-state index contributed by atoms with van der Waals surface area (Å²) in [6, 6.07) is 0. The van der Waals surface area contributed by atoms with E-state index in [2.05, 4.69) is 22.4 Å². The van der Waals surface area contributed by atoms with Crippen LogP contribution in [-0.4, -0.2) is 33.5 Å². The van der Waals surface area contributed by atoms with E-state index < -0.39 is 0 Å². The highest BCUT2D eigenvalue weighted by Gasteiger charge is 2.30. The van der Waals surface area contributed by atoms with E-state index in [9.17, 15) is 9.59 Å². The van der Waals surface area contributed by atoms with Gasteiger partial charge in [0.2, 0.25) is 16.9 Å². The van der Waals surface area contributed by atoms with Crippen molar-refractivity contribution in [2.75, 3.05) is 11.9 Å². The lowest BCUT2D eigenvalue weighted by molar-refractivity contribution is -0.150. The van der Waals surface area contributed by atoms with Crippen LogP contribution >= 0.6 is 11.3 Å². The fourth-order valence-corrected chi connectivity index (χ4v) is 2.71. The monoisotopic (exact) mass is 282 g/mol. The van der Waals surface area contributed by atoms with Gasteiger partial charge in [0.1, 0.15) is 5.01 Å². The quantitative estimate of drug-likeness (QED) is 0.831. The summed E-state index contributed by atoms with van der Waals surface area (Å²) in [5.74, 6) is -0.0727. The van der Waals surface area contributed by atoms with Gasteiger partial charge >= 0.3 is 0 Å². The Bertz CT molecular complexity index is 456. The summed E-state index contributed by atoms with van der Waals surface area (Å²) >= 11 is 1.39. The van der Waals surface area contributed by atoms with E-state index in [1.54, 1.807) is 0 Å². The third-order valence-electron chi connectivity index (χ3n) is 2.93. The molecule has 1 N–H and O–H groups in total. The first-order valence-corrected chi connectivity index (χ1v) is 7.31. The number of amides is 2. The number of nitrogens with zero attached hydrogens (tertiary/aromatic N) is 3. The van der Waals surface area contributed by atoms with Crippen molar-refractivity contribution in [2.24, 2.45) is 5.92 Å². The van der Waals surface area contributed by atoms with E-state index in [4.69, 9.17) is 0 Å². The first-order valence-electron chi connectivity index (χ1n) is 6.49. The van der Waals surface area contributed by atoms with Gasteiger partial charge in [-0.2, -0.15) is 0 Å². The third-order valence-corrected chi connectivity index (χ3v) is 3.80.